The monoisotopic (exact) mass is 479 g/mol. The second kappa shape index (κ2) is 12.0. The van der Waals surface area contributed by atoms with E-state index in [-0.39, 0.29) is 11.3 Å². The van der Waals surface area contributed by atoms with Crippen LogP contribution in [0.25, 0.3) is 0 Å². The SMILES string of the molecule is COc1cc(C[NH2+]C(C)(C)Cc2ccccc2)c(Br)cc1O.O=C([O-])/C=C\C(=O)O. The summed E-state index contributed by atoms with van der Waals surface area (Å²) in [6.45, 7) is 5.30. The lowest BCUT2D eigenvalue weighted by atomic mass is 9.94. The number of quaternary nitrogens is 1. The maximum absolute atomic E-state index is 9.77. The van der Waals surface area contributed by atoms with Crippen LogP contribution in [0.1, 0.15) is 25.0 Å². The van der Waals surface area contributed by atoms with Crippen molar-refractivity contribution >= 4 is 27.9 Å². The maximum atomic E-state index is 9.77. The number of carboxylic acids is 2. The van der Waals surface area contributed by atoms with Gasteiger partial charge in [0.2, 0.25) is 0 Å². The van der Waals surface area contributed by atoms with E-state index >= 15 is 0 Å². The van der Waals surface area contributed by atoms with Crippen molar-refractivity contribution in [3.05, 3.63) is 70.2 Å². The van der Waals surface area contributed by atoms with Crippen molar-refractivity contribution in [3.8, 4) is 11.5 Å². The van der Waals surface area contributed by atoms with Gasteiger partial charge in [-0.1, -0.05) is 46.3 Å². The standard InChI is InChI=1S/C18H22BrNO2.C4H4O4/c1-18(2,11-13-7-5-4-6-8-13)20-12-14-9-17(22-3)16(21)10-15(14)19;5-3(6)1-2-4(7)8/h4-10,20-21H,11-12H2,1-3H3;1-2H,(H,5,6)(H,7,8)/b;2-1-. The maximum Gasteiger partial charge on any atom is 0.328 e. The Bertz CT molecular complexity index is 865. The van der Waals surface area contributed by atoms with Crippen LogP contribution in [0.2, 0.25) is 0 Å². The molecule has 0 saturated heterocycles. The highest BCUT2D eigenvalue weighted by Gasteiger charge is 2.22. The number of hydrogen-bond acceptors (Lipinski definition) is 5. The molecule has 0 saturated carbocycles. The Labute approximate surface area is 184 Å². The van der Waals surface area contributed by atoms with E-state index in [1.165, 1.54) is 5.56 Å². The number of carboxylic acid groups (broad SMARTS) is 2. The minimum atomic E-state index is -1.51. The summed E-state index contributed by atoms with van der Waals surface area (Å²) in [5, 5.41) is 29.3. The number of aromatic hydroxyl groups is 1. The Balaban J connectivity index is 0.000000479. The van der Waals surface area contributed by atoms with Crippen molar-refractivity contribution < 1.29 is 35.0 Å². The van der Waals surface area contributed by atoms with Crippen molar-refractivity contribution in [1.29, 1.82) is 0 Å². The molecule has 0 radical (unpaired) electrons. The molecule has 4 N–H and O–H groups in total. The van der Waals surface area contributed by atoms with Crippen molar-refractivity contribution in [1.82, 2.24) is 0 Å². The number of rotatable bonds is 8. The van der Waals surface area contributed by atoms with Crippen molar-refractivity contribution in [2.24, 2.45) is 0 Å². The van der Waals surface area contributed by atoms with Crippen LogP contribution < -0.4 is 15.2 Å². The van der Waals surface area contributed by atoms with E-state index in [2.05, 4.69) is 59.4 Å². The van der Waals surface area contributed by atoms with E-state index in [1.807, 2.05) is 12.1 Å². The third-order valence-corrected chi connectivity index (χ3v) is 4.83. The number of carbonyl (C=O) groups excluding carboxylic acids is 1. The molecule has 8 heteroatoms. The van der Waals surface area contributed by atoms with Crippen molar-refractivity contribution in [2.75, 3.05) is 7.11 Å². The van der Waals surface area contributed by atoms with Gasteiger partial charge in [0.05, 0.1) is 18.6 Å². The highest BCUT2D eigenvalue weighted by molar-refractivity contribution is 9.10. The number of phenolic OH excluding ortho intramolecular Hbond substituents is 1. The summed E-state index contributed by atoms with van der Waals surface area (Å²) in [7, 11) is 1.57. The summed E-state index contributed by atoms with van der Waals surface area (Å²) in [5.41, 5.74) is 2.54. The summed E-state index contributed by atoms with van der Waals surface area (Å²) in [6, 6.07) is 14.1. The molecular formula is C22H26BrNO6. The first-order valence-corrected chi connectivity index (χ1v) is 9.89. The van der Waals surface area contributed by atoms with Gasteiger partial charge in [0.1, 0.15) is 6.54 Å². The summed E-state index contributed by atoms with van der Waals surface area (Å²) < 4.78 is 6.08. The van der Waals surface area contributed by atoms with Crippen LogP contribution in [0.15, 0.2) is 59.1 Å². The number of ether oxygens (including phenoxy) is 1. The number of hydrogen-bond donors (Lipinski definition) is 3. The van der Waals surface area contributed by atoms with Crippen molar-refractivity contribution in [3.63, 3.8) is 0 Å². The van der Waals surface area contributed by atoms with E-state index in [9.17, 15) is 19.8 Å². The largest absolute Gasteiger partial charge is 0.545 e. The summed E-state index contributed by atoms with van der Waals surface area (Å²) in [4.78, 5) is 19.0. The third-order valence-electron chi connectivity index (χ3n) is 4.09. The number of benzene rings is 2. The molecule has 0 aliphatic rings. The molecule has 0 spiro atoms. The molecular weight excluding hydrogens is 454 g/mol. The molecule has 0 atom stereocenters. The first-order chi connectivity index (χ1) is 14.0. The normalized spacial score (nSPS) is 10.9. The van der Waals surface area contributed by atoms with Gasteiger partial charge in [-0.15, -0.1) is 0 Å². The van der Waals surface area contributed by atoms with Gasteiger partial charge in [-0.2, -0.15) is 0 Å². The Morgan fingerprint density at radius 2 is 1.83 bits per heavy atom. The highest BCUT2D eigenvalue weighted by atomic mass is 79.9. The average Bonchev–Trinajstić information content (AvgIpc) is 2.67. The predicted molar refractivity (Wildman–Crippen MR) is 114 cm³/mol. The summed E-state index contributed by atoms with van der Waals surface area (Å²) in [5.74, 6) is -2.14. The van der Waals surface area contributed by atoms with Crippen LogP contribution in [-0.4, -0.2) is 34.8 Å². The summed E-state index contributed by atoms with van der Waals surface area (Å²) >= 11 is 3.51. The van der Waals surface area contributed by atoms with Crippen LogP contribution in [0, 0.1) is 0 Å². The zero-order valence-corrected chi connectivity index (χ0v) is 18.7. The van der Waals surface area contributed by atoms with Crippen molar-refractivity contribution in [2.45, 2.75) is 32.4 Å². The van der Waals surface area contributed by atoms with Gasteiger partial charge in [-0.05, 0) is 37.6 Å². The fourth-order valence-electron chi connectivity index (χ4n) is 2.62. The Morgan fingerprint density at radius 3 is 2.33 bits per heavy atom. The molecule has 2 rings (SSSR count). The topological polar surface area (TPSA) is 124 Å². The first-order valence-electron chi connectivity index (χ1n) is 9.09. The minimum Gasteiger partial charge on any atom is -0.545 e. The van der Waals surface area contributed by atoms with Gasteiger partial charge >= 0.3 is 5.97 Å². The molecule has 0 aromatic heterocycles. The summed E-state index contributed by atoms with van der Waals surface area (Å²) in [6.07, 6.45) is 1.94. The predicted octanol–water partition coefficient (Wildman–Crippen LogP) is 1.63. The van der Waals surface area contributed by atoms with Crippen LogP contribution >= 0.6 is 15.9 Å². The Kier molecular flexibility index (Phi) is 10.1. The molecule has 2 aromatic rings. The first kappa shape index (κ1) is 25.2. The van der Waals surface area contributed by atoms with E-state index < -0.39 is 11.9 Å². The number of phenols is 1. The minimum absolute atomic E-state index is 0.0892. The lowest BCUT2D eigenvalue weighted by Crippen LogP contribution is -2.94. The molecule has 30 heavy (non-hydrogen) atoms. The molecule has 0 heterocycles. The lowest BCUT2D eigenvalue weighted by Gasteiger charge is -2.23. The third kappa shape index (κ3) is 9.58. The Hall–Kier alpha value is -2.84. The van der Waals surface area contributed by atoms with Gasteiger partial charge in [-0.3, -0.25) is 0 Å². The van der Waals surface area contributed by atoms with Gasteiger partial charge in [0.15, 0.2) is 11.5 Å². The quantitative estimate of drug-likeness (QED) is 0.494. The number of methoxy groups -OCH3 is 1. The number of carbonyl (C=O) groups is 2. The molecule has 7 nitrogen and oxygen atoms in total. The van der Waals surface area contributed by atoms with E-state index in [4.69, 9.17) is 9.84 Å². The molecule has 0 bridgehead atoms. The lowest BCUT2D eigenvalue weighted by molar-refractivity contribution is -0.735. The number of halogens is 1. The molecule has 0 amide bonds. The number of nitrogens with two attached hydrogens (primary N) is 1. The van der Waals surface area contributed by atoms with Gasteiger partial charge < -0.3 is 30.2 Å². The van der Waals surface area contributed by atoms with E-state index in [0.29, 0.717) is 17.9 Å². The number of aliphatic carboxylic acids is 2. The molecule has 162 valence electrons. The van der Waals surface area contributed by atoms with Gasteiger partial charge in [-0.25, -0.2) is 4.79 Å². The molecule has 0 fully saturated rings. The van der Waals surface area contributed by atoms with E-state index in [0.717, 1.165) is 23.0 Å². The average molecular weight is 480 g/mol. The highest BCUT2D eigenvalue weighted by Crippen LogP contribution is 2.32. The van der Waals surface area contributed by atoms with Crippen LogP contribution in [-0.2, 0) is 22.6 Å². The zero-order chi connectivity index (χ0) is 22.7. The van der Waals surface area contributed by atoms with Crippen LogP contribution in [0.4, 0.5) is 0 Å². The van der Waals surface area contributed by atoms with Gasteiger partial charge in [0.25, 0.3) is 0 Å². The van der Waals surface area contributed by atoms with Gasteiger partial charge in [0, 0.05) is 22.5 Å². The second-order valence-electron chi connectivity index (χ2n) is 7.17. The van der Waals surface area contributed by atoms with Crippen LogP contribution in [0.5, 0.6) is 11.5 Å². The molecule has 0 aliphatic carbocycles. The second-order valence-corrected chi connectivity index (χ2v) is 8.02. The Morgan fingerprint density at radius 1 is 1.20 bits per heavy atom. The fourth-order valence-corrected chi connectivity index (χ4v) is 3.12. The zero-order valence-electron chi connectivity index (χ0n) is 17.1. The molecule has 0 aliphatic heterocycles. The molecule has 0 unspecified atom stereocenters. The smallest absolute Gasteiger partial charge is 0.328 e. The molecule has 2 aromatic carbocycles. The fraction of sp³-hybridized carbons (Fsp3) is 0.273. The van der Waals surface area contributed by atoms with E-state index in [1.54, 1.807) is 13.2 Å². The van der Waals surface area contributed by atoms with Crippen LogP contribution in [0.3, 0.4) is 0 Å².